The summed E-state index contributed by atoms with van der Waals surface area (Å²) < 4.78 is 41.9. The van der Waals surface area contributed by atoms with Crippen LogP contribution in [0.4, 0.5) is 18.9 Å². The molecule has 1 atom stereocenters. The Kier molecular flexibility index (Phi) is 9.34. The first-order chi connectivity index (χ1) is 27.1. The van der Waals surface area contributed by atoms with Crippen molar-refractivity contribution in [3.8, 4) is 11.8 Å². The Morgan fingerprint density at radius 1 is 1.12 bits per heavy atom. The molecule has 1 spiro atoms. The van der Waals surface area contributed by atoms with Crippen LogP contribution in [-0.2, 0) is 27.1 Å². The summed E-state index contributed by atoms with van der Waals surface area (Å²) in [7, 11) is 0. The zero-order valence-electron chi connectivity index (χ0n) is 30.6. The third-order valence-corrected chi connectivity index (χ3v) is 13.1. The van der Waals surface area contributed by atoms with Crippen LogP contribution < -0.4 is 10.9 Å². The maximum atomic E-state index is 14.6. The van der Waals surface area contributed by atoms with E-state index in [0.717, 1.165) is 22.7 Å². The Balaban J connectivity index is 1.15. The van der Waals surface area contributed by atoms with Gasteiger partial charge >= 0.3 is 6.18 Å². The highest BCUT2D eigenvalue weighted by Crippen LogP contribution is 2.58. The van der Waals surface area contributed by atoms with E-state index in [9.17, 15) is 42.7 Å². The second kappa shape index (κ2) is 13.9. The molecule has 20 heteroatoms. The van der Waals surface area contributed by atoms with Crippen LogP contribution in [0.3, 0.4) is 0 Å². The Labute approximate surface area is 331 Å². The topological polar surface area (TPSA) is 192 Å². The minimum atomic E-state index is -4.64. The van der Waals surface area contributed by atoms with Gasteiger partial charge in [0.15, 0.2) is 17.3 Å². The summed E-state index contributed by atoms with van der Waals surface area (Å²) in [4.78, 5) is 70.7. The van der Waals surface area contributed by atoms with E-state index < -0.39 is 45.8 Å². The van der Waals surface area contributed by atoms with Gasteiger partial charge in [-0.15, -0.1) is 16.9 Å². The molecular weight excluding hydrogens is 789 g/mol. The number of likely N-dealkylation sites (tertiary alicyclic amines) is 1. The number of aryl methyl sites for hydroxylation is 1. The van der Waals surface area contributed by atoms with E-state index in [2.05, 4.69) is 26.5 Å². The normalized spacial score (nSPS) is 19.6. The maximum absolute atomic E-state index is 14.6. The van der Waals surface area contributed by atoms with Crippen molar-refractivity contribution in [2.24, 2.45) is 5.41 Å². The van der Waals surface area contributed by atoms with Gasteiger partial charge in [0.1, 0.15) is 18.3 Å². The third kappa shape index (κ3) is 6.57. The first-order valence-electron chi connectivity index (χ1n) is 18.1. The number of hydrogen-bond acceptors (Lipinski definition) is 11. The number of nitrogens with zero attached hydrogens (tertiary/aromatic N) is 9. The quantitative estimate of drug-likeness (QED) is 0.270. The number of benzene rings is 1. The highest BCUT2D eigenvalue weighted by Gasteiger charge is 2.53. The smallest absolute Gasteiger partial charge is 0.416 e. The van der Waals surface area contributed by atoms with Gasteiger partial charge in [-0.2, -0.15) is 27.9 Å². The standard InChI is InChI=1S/C37H34ClF3N10O5S/c1-19-29(53)27(44-18-43-19)32(55)48-13-9-36(10-14-48)26-28(20(2)57-36)50(16-25(52)45-24-4-3-22(15-23(24)38)37(39,40)41)34-46-30(47-51(34)31(26)54)21-5-11-49(12-6-21)33(56)35(17-42)7-8-35/h3-5,15,18,20,53H,6-14,16H2,1-2H3,(H,45,52). The first kappa shape index (κ1) is 38.4. The molecule has 2 N–H and O–H groups in total. The number of alkyl halides is 3. The molecule has 1 unspecified atom stereocenters. The molecule has 57 heavy (non-hydrogen) atoms. The summed E-state index contributed by atoms with van der Waals surface area (Å²) in [5, 5.41) is 26.6. The number of nitrogens with one attached hydrogen (secondary N) is 1. The highest BCUT2D eigenvalue weighted by atomic mass is 35.5. The van der Waals surface area contributed by atoms with Crippen LogP contribution in [0, 0.1) is 23.7 Å². The van der Waals surface area contributed by atoms with Crippen LogP contribution in [-0.4, -0.2) is 87.9 Å². The number of rotatable bonds is 6. The Hall–Kier alpha value is -5.48. The van der Waals surface area contributed by atoms with Crippen molar-refractivity contribution in [1.82, 2.24) is 38.9 Å². The van der Waals surface area contributed by atoms with E-state index in [0.29, 0.717) is 55.5 Å². The molecule has 3 amide bonds. The molecule has 6 heterocycles. The van der Waals surface area contributed by atoms with Crippen molar-refractivity contribution in [2.75, 3.05) is 31.5 Å². The molecule has 0 radical (unpaired) electrons. The monoisotopic (exact) mass is 822 g/mol. The number of piperidine rings is 1. The van der Waals surface area contributed by atoms with E-state index >= 15 is 0 Å². The number of aromatic nitrogens is 6. The number of anilines is 1. The molecule has 1 aromatic carbocycles. The lowest BCUT2D eigenvalue weighted by molar-refractivity contribution is -0.137. The van der Waals surface area contributed by atoms with E-state index in [1.807, 2.05) is 6.92 Å². The number of nitriles is 1. The Morgan fingerprint density at radius 3 is 2.49 bits per heavy atom. The zero-order valence-corrected chi connectivity index (χ0v) is 32.1. The van der Waals surface area contributed by atoms with Crippen LogP contribution in [0.25, 0.3) is 11.4 Å². The average molecular weight is 823 g/mol. The number of thioether (sulfide) groups is 1. The molecule has 4 aliphatic rings. The van der Waals surface area contributed by atoms with Crippen molar-refractivity contribution < 1.29 is 32.7 Å². The minimum Gasteiger partial charge on any atom is -0.504 e. The van der Waals surface area contributed by atoms with E-state index in [1.54, 1.807) is 27.4 Å². The largest absolute Gasteiger partial charge is 0.504 e. The molecule has 3 aliphatic heterocycles. The fourth-order valence-corrected chi connectivity index (χ4v) is 9.85. The molecule has 1 saturated heterocycles. The van der Waals surface area contributed by atoms with Crippen LogP contribution in [0.5, 0.6) is 5.75 Å². The van der Waals surface area contributed by atoms with Crippen molar-refractivity contribution in [3.63, 3.8) is 0 Å². The van der Waals surface area contributed by atoms with Gasteiger partial charge in [-0.05, 0) is 69.7 Å². The molecule has 0 bridgehead atoms. The molecule has 1 saturated carbocycles. The van der Waals surface area contributed by atoms with Gasteiger partial charge in [0.05, 0.1) is 38.3 Å². The Morgan fingerprint density at radius 2 is 1.86 bits per heavy atom. The average Bonchev–Trinajstić information content (AvgIpc) is 3.77. The number of carbonyl (C=O) groups is 3. The fraction of sp³-hybridized carbons (Fsp3) is 0.432. The van der Waals surface area contributed by atoms with E-state index in [4.69, 9.17) is 16.6 Å². The number of aromatic hydroxyl groups is 1. The van der Waals surface area contributed by atoms with Gasteiger partial charge in [0.25, 0.3) is 11.5 Å². The molecule has 2 fully saturated rings. The van der Waals surface area contributed by atoms with Crippen molar-refractivity contribution in [2.45, 2.75) is 68.7 Å². The van der Waals surface area contributed by atoms with Crippen LogP contribution in [0.15, 0.2) is 35.4 Å². The molecule has 3 aromatic heterocycles. The summed E-state index contributed by atoms with van der Waals surface area (Å²) in [5.41, 5.74) is -0.690. The number of halogens is 4. The lowest BCUT2D eigenvalue weighted by atomic mass is 9.87. The van der Waals surface area contributed by atoms with Gasteiger partial charge in [-0.3, -0.25) is 19.2 Å². The van der Waals surface area contributed by atoms with Crippen molar-refractivity contribution >= 4 is 58.1 Å². The van der Waals surface area contributed by atoms with Gasteiger partial charge in [0, 0.05) is 37.1 Å². The van der Waals surface area contributed by atoms with E-state index in [-0.39, 0.29) is 70.2 Å². The highest BCUT2D eigenvalue weighted by molar-refractivity contribution is 8.00. The summed E-state index contributed by atoms with van der Waals surface area (Å²) in [6.45, 7) is 4.05. The molecule has 8 rings (SSSR count). The first-order valence-corrected chi connectivity index (χ1v) is 19.4. The maximum Gasteiger partial charge on any atom is 0.416 e. The summed E-state index contributed by atoms with van der Waals surface area (Å²) in [6, 6.07) is 4.74. The van der Waals surface area contributed by atoms with Gasteiger partial charge in [-0.1, -0.05) is 17.7 Å². The van der Waals surface area contributed by atoms with Gasteiger partial charge in [-0.25, -0.2) is 9.97 Å². The van der Waals surface area contributed by atoms with Crippen molar-refractivity contribution in [1.29, 1.82) is 5.26 Å². The minimum absolute atomic E-state index is 0.0396. The van der Waals surface area contributed by atoms with Gasteiger partial charge < -0.3 is 24.8 Å². The predicted molar refractivity (Wildman–Crippen MR) is 200 cm³/mol. The lowest BCUT2D eigenvalue weighted by Gasteiger charge is -2.39. The summed E-state index contributed by atoms with van der Waals surface area (Å²) in [6.07, 6.45) is 0.453. The summed E-state index contributed by atoms with van der Waals surface area (Å²) >= 11 is 7.69. The SMILES string of the molecule is Cc1ncnc(C(=O)N2CCC3(CC2)SC(C)c2c3c(=O)n3nc(C4=CCN(C(=O)C5(C#N)CC5)CC4)nc3n2CC(=O)Nc2ccc(C(F)(F)F)cc2Cl)c1O. The summed E-state index contributed by atoms with van der Waals surface area (Å²) in [5.74, 6) is -1.36. The Bertz CT molecular complexity index is 2520. The molecule has 15 nitrogen and oxygen atoms in total. The second-order valence-corrected chi connectivity index (χ2v) is 16.8. The van der Waals surface area contributed by atoms with Crippen LogP contribution in [0.2, 0.25) is 5.02 Å². The second-order valence-electron chi connectivity index (χ2n) is 14.7. The fourth-order valence-electron chi connectivity index (χ4n) is 7.86. The van der Waals surface area contributed by atoms with Crippen molar-refractivity contribution in [3.05, 3.63) is 80.0 Å². The lowest BCUT2D eigenvalue weighted by Crippen LogP contribution is -2.45. The number of carbonyl (C=O) groups excluding carboxylic acids is 3. The molecule has 4 aromatic rings. The number of fused-ring (bicyclic) bond motifs is 3. The number of hydrogen-bond donors (Lipinski definition) is 2. The molecular formula is C37H34ClF3N10O5S. The predicted octanol–water partition coefficient (Wildman–Crippen LogP) is 4.86. The third-order valence-electron chi connectivity index (χ3n) is 11.1. The molecule has 296 valence electrons. The van der Waals surface area contributed by atoms with Crippen LogP contribution in [0.1, 0.15) is 83.1 Å². The van der Waals surface area contributed by atoms with Gasteiger partial charge in [0.2, 0.25) is 17.6 Å². The molecule has 1 aliphatic carbocycles. The van der Waals surface area contributed by atoms with Crippen LogP contribution >= 0.6 is 23.4 Å². The zero-order chi connectivity index (χ0) is 40.6. The number of amides is 3. The van der Waals surface area contributed by atoms with E-state index in [1.165, 1.54) is 18.1 Å².